The standard InChI is InChI=1S/C40H55N3O7/c1-29(27-49-25-9-21-41-26-36(45)33-15-17-35(44)38-34(33)16-18-37(46)42-38)10-8-22-43-23-19-30(20-24-43)28-50-39(47)40(48,31-11-4-2-5-12-31)32-13-6-3-7-14-32/h2,4-5,10-12,15-18,30,32,36,41,44-45,48H,3,6-9,13-14,19-28H2,1H3,(H,42,46)/b29-10+/t36-,40?/m1/s1. The van der Waals surface area contributed by atoms with E-state index < -0.39 is 17.7 Å². The lowest BCUT2D eigenvalue weighted by molar-refractivity contribution is -0.177. The number of hydrogen-bond donors (Lipinski definition) is 5. The molecule has 2 fully saturated rings. The molecule has 0 amide bonds. The summed E-state index contributed by atoms with van der Waals surface area (Å²) in [5, 5.41) is 36.4. The zero-order chi connectivity index (χ0) is 35.3. The number of aromatic hydroxyl groups is 1. The van der Waals surface area contributed by atoms with Crippen molar-refractivity contribution < 1.29 is 29.6 Å². The first-order chi connectivity index (χ1) is 24.3. The SMILES string of the molecule is C/C(=C\CCN1CCC(COC(=O)C(O)(c2ccccc2)C2CCCCC2)CC1)COCCCNC[C@@H](O)c1ccc(O)c2[nH]c(=O)ccc12. The third-order valence-electron chi connectivity index (χ3n) is 10.4. The molecule has 1 aliphatic heterocycles. The highest BCUT2D eigenvalue weighted by atomic mass is 16.5. The Labute approximate surface area is 295 Å². The van der Waals surface area contributed by atoms with Crippen molar-refractivity contribution in [2.45, 2.75) is 76.4 Å². The van der Waals surface area contributed by atoms with Crippen LogP contribution in [0.4, 0.5) is 0 Å². The Balaban J connectivity index is 0.932. The van der Waals surface area contributed by atoms with Crippen LogP contribution in [0.2, 0.25) is 0 Å². The van der Waals surface area contributed by atoms with Crippen molar-refractivity contribution in [3.8, 4) is 5.75 Å². The molecule has 1 aliphatic carbocycles. The number of nitrogens with one attached hydrogen (secondary N) is 2. The van der Waals surface area contributed by atoms with E-state index in [1.54, 1.807) is 12.1 Å². The molecule has 5 N–H and O–H groups in total. The Morgan fingerprint density at radius 1 is 1.06 bits per heavy atom. The predicted octanol–water partition coefficient (Wildman–Crippen LogP) is 5.32. The van der Waals surface area contributed by atoms with Crippen molar-refractivity contribution in [3.63, 3.8) is 0 Å². The number of H-pyrrole nitrogens is 1. The van der Waals surface area contributed by atoms with E-state index in [0.717, 1.165) is 77.4 Å². The van der Waals surface area contributed by atoms with Crippen LogP contribution in [0.3, 0.4) is 0 Å². The number of carbonyl (C=O) groups is 1. The highest BCUT2D eigenvalue weighted by Crippen LogP contribution is 2.40. The van der Waals surface area contributed by atoms with Gasteiger partial charge in [-0.3, -0.25) is 4.79 Å². The summed E-state index contributed by atoms with van der Waals surface area (Å²) in [7, 11) is 0. The number of likely N-dealkylation sites (tertiary alicyclic amines) is 1. The molecule has 2 atom stereocenters. The minimum absolute atomic E-state index is 0.0241. The normalized spacial score (nSPS) is 18.6. The van der Waals surface area contributed by atoms with Crippen LogP contribution >= 0.6 is 0 Å². The number of piperidine rings is 1. The second-order valence-electron chi connectivity index (χ2n) is 14.1. The maximum Gasteiger partial charge on any atom is 0.343 e. The van der Waals surface area contributed by atoms with Crippen molar-refractivity contribution >= 4 is 16.9 Å². The summed E-state index contributed by atoms with van der Waals surface area (Å²) in [4.78, 5) is 30.1. The van der Waals surface area contributed by atoms with Gasteiger partial charge in [-0.25, -0.2) is 4.79 Å². The summed E-state index contributed by atoms with van der Waals surface area (Å²) in [6, 6.07) is 15.5. The summed E-state index contributed by atoms with van der Waals surface area (Å²) in [5.41, 5.74) is 0.942. The van der Waals surface area contributed by atoms with Crippen molar-refractivity contribution in [3.05, 3.63) is 87.7 Å². The fraction of sp³-hybridized carbons (Fsp3) is 0.550. The van der Waals surface area contributed by atoms with E-state index in [4.69, 9.17) is 9.47 Å². The number of carbonyl (C=O) groups excluding carboxylic acids is 1. The number of fused-ring (bicyclic) bond motifs is 1. The van der Waals surface area contributed by atoms with Gasteiger partial charge in [-0.1, -0.05) is 67.3 Å². The summed E-state index contributed by atoms with van der Waals surface area (Å²) >= 11 is 0. The number of benzene rings is 2. The van der Waals surface area contributed by atoms with Gasteiger partial charge in [0.2, 0.25) is 5.56 Å². The number of phenolic OH excluding ortho intramolecular Hbond substituents is 1. The molecule has 2 aromatic carbocycles. The van der Waals surface area contributed by atoms with E-state index in [1.165, 1.54) is 17.7 Å². The minimum atomic E-state index is -1.58. The molecular formula is C40H55N3O7. The number of esters is 1. The molecule has 2 aliphatic rings. The minimum Gasteiger partial charge on any atom is -0.506 e. The van der Waals surface area contributed by atoms with Crippen LogP contribution in [0.5, 0.6) is 5.75 Å². The van der Waals surface area contributed by atoms with Crippen LogP contribution in [0.15, 0.2) is 71.0 Å². The number of aromatic amines is 1. The van der Waals surface area contributed by atoms with E-state index in [2.05, 4.69) is 28.2 Å². The van der Waals surface area contributed by atoms with Crippen molar-refractivity contribution in [1.82, 2.24) is 15.2 Å². The number of rotatable bonds is 17. The summed E-state index contributed by atoms with van der Waals surface area (Å²) < 4.78 is 11.7. The molecule has 2 heterocycles. The lowest BCUT2D eigenvalue weighted by atomic mass is 9.73. The topological polar surface area (TPSA) is 144 Å². The molecule has 1 aromatic heterocycles. The largest absolute Gasteiger partial charge is 0.506 e. The number of nitrogens with zero attached hydrogens (tertiary/aromatic N) is 1. The number of aromatic nitrogens is 1. The number of aliphatic hydroxyl groups excluding tert-OH is 1. The van der Waals surface area contributed by atoms with E-state index >= 15 is 0 Å². The predicted molar refractivity (Wildman–Crippen MR) is 195 cm³/mol. The van der Waals surface area contributed by atoms with Gasteiger partial charge in [0.25, 0.3) is 0 Å². The Bertz CT molecular complexity index is 1600. The van der Waals surface area contributed by atoms with Gasteiger partial charge in [0.15, 0.2) is 5.60 Å². The molecule has 10 nitrogen and oxygen atoms in total. The van der Waals surface area contributed by atoms with Gasteiger partial charge in [-0.15, -0.1) is 0 Å². The van der Waals surface area contributed by atoms with Gasteiger partial charge in [0.05, 0.1) is 24.8 Å². The van der Waals surface area contributed by atoms with Crippen LogP contribution in [-0.4, -0.2) is 83.7 Å². The zero-order valence-corrected chi connectivity index (χ0v) is 29.4. The average molecular weight is 690 g/mol. The molecule has 3 aromatic rings. The van der Waals surface area contributed by atoms with E-state index in [9.17, 15) is 24.9 Å². The van der Waals surface area contributed by atoms with Gasteiger partial charge < -0.3 is 40.0 Å². The monoisotopic (exact) mass is 689 g/mol. The lowest BCUT2D eigenvalue weighted by Crippen LogP contribution is -2.46. The van der Waals surface area contributed by atoms with E-state index in [-0.39, 0.29) is 17.2 Å². The Morgan fingerprint density at radius 3 is 2.58 bits per heavy atom. The van der Waals surface area contributed by atoms with Gasteiger partial charge in [0.1, 0.15) is 5.75 Å². The molecule has 0 radical (unpaired) electrons. The number of ether oxygens (including phenoxy) is 2. The molecule has 1 unspecified atom stereocenters. The van der Waals surface area contributed by atoms with Crippen molar-refractivity contribution in [2.24, 2.45) is 11.8 Å². The first kappa shape index (κ1) is 37.7. The number of phenols is 1. The molecule has 5 rings (SSSR count). The molecule has 1 saturated heterocycles. The first-order valence-corrected chi connectivity index (χ1v) is 18.4. The number of hydrogen-bond acceptors (Lipinski definition) is 9. The highest BCUT2D eigenvalue weighted by Gasteiger charge is 2.47. The third kappa shape index (κ3) is 10.0. The first-order valence-electron chi connectivity index (χ1n) is 18.4. The molecule has 0 spiro atoms. The molecule has 10 heteroatoms. The molecular weight excluding hydrogens is 634 g/mol. The van der Waals surface area contributed by atoms with Crippen LogP contribution in [0, 0.1) is 11.8 Å². The van der Waals surface area contributed by atoms with Gasteiger partial charge in [0, 0.05) is 37.1 Å². The molecule has 1 saturated carbocycles. The van der Waals surface area contributed by atoms with E-state index in [1.807, 2.05) is 30.3 Å². The lowest BCUT2D eigenvalue weighted by Gasteiger charge is -2.37. The number of aliphatic hydroxyl groups is 2. The molecule has 50 heavy (non-hydrogen) atoms. The third-order valence-corrected chi connectivity index (χ3v) is 10.4. The van der Waals surface area contributed by atoms with Crippen LogP contribution in [0.1, 0.15) is 81.9 Å². The summed E-state index contributed by atoms with van der Waals surface area (Å²) in [6.07, 6.45) is 10.1. The van der Waals surface area contributed by atoms with Gasteiger partial charge >= 0.3 is 5.97 Å². The fourth-order valence-corrected chi connectivity index (χ4v) is 7.40. The highest BCUT2D eigenvalue weighted by molar-refractivity contribution is 5.87. The Hall–Kier alpha value is -3.54. The summed E-state index contributed by atoms with van der Waals surface area (Å²) in [5.74, 6) is -0.308. The van der Waals surface area contributed by atoms with Gasteiger partial charge in [-0.05, 0) is 94.3 Å². The maximum absolute atomic E-state index is 13.4. The second kappa shape index (κ2) is 18.6. The quantitative estimate of drug-likeness (QED) is 0.0723. The van der Waals surface area contributed by atoms with Crippen LogP contribution in [-0.2, 0) is 19.9 Å². The van der Waals surface area contributed by atoms with Crippen molar-refractivity contribution in [1.29, 1.82) is 0 Å². The maximum atomic E-state index is 13.4. The Kier molecular flexibility index (Phi) is 14.0. The van der Waals surface area contributed by atoms with Gasteiger partial charge in [-0.2, -0.15) is 0 Å². The number of pyridine rings is 1. The van der Waals surface area contributed by atoms with E-state index in [0.29, 0.717) is 60.9 Å². The zero-order valence-electron chi connectivity index (χ0n) is 29.4. The summed E-state index contributed by atoms with van der Waals surface area (Å²) in [6.45, 7) is 7.62. The average Bonchev–Trinajstić information content (AvgIpc) is 3.14. The molecule has 272 valence electrons. The Morgan fingerprint density at radius 2 is 1.82 bits per heavy atom. The van der Waals surface area contributed by atoms with Crippen LogP contribution < -0.4 is 10.9 Å². The fourth-order valence-electron chi connectivity index (χ4n) is 7.40. The smallest absolute Gasteiger partial charge is 0.343 e. The van der Waals surface area contributed by atoms with Crippen LogP contribution in [0.25, 0.3) is 10.9 Å². The second-order valence-corrected chi connectivity index (χ2v) is 14.1. The van der Waals surface area contributed by atoms with Crippen molar-refractivity contribution in [2.75, 3.05) is 52.5 Å². The molecule has 0 bridgehead atoms.